The maximum atomic E-state index is 12.7. The van der Waals surface area contributed by atoms with Crippen molar-refractivity contribution in [1.82, 2.24) is 10.4 Å². The van der Waals surface area contributed by atoms with Gasteiger partial charge >= 0.3 is 0 Å². The van der Waals surface area contributed by atoms with E-state index < -0.39 is 0 Å². The van der Waals surface area contributed by atoms with Crippen LogP contribution >= 0.6 is 23.6 Å². The smallest absolute Gasteiger partial charge is 0.272 e. The standard InChI is InChI=1S/C19H18N4OS2/c20-17-15(11-16(26-17)14-9-5-2-6-10-14)18(24)22-23(19(21)25)12-13-7-3-1-4-8-13/h1-11H,12,20H2,(H2,21,25)(H,22,24). The second-order valence-electron chi connectivity index (χ2n) is 5.61. The Morgan fingerprint density at radius 3 is 2.31 bits per heavy atom. The number of thiophene rings is 1. The molecule has 3 aromatic rings. The fraction of sp³-hybridized carbons (Fsp3) is 0.0526. The van der Waals surface area contributed by atoms with Crippen LogP contribution in [-0.4, -0.2) is 16.0 Å². The molecule has 1 amide bonds. The minimum Gasteiger partial charge on any atom is -0.390 e. The van der Waals surface area contributed by atoms with Crippen LogP contribution in [0.2, 0.25) is 0 Å². The van der Waals surface area contributed by atoms with Crippen molar-refractivity contribution in [3.8, 4) is 10.4 Å². The van der Waals surface area contributed by atoms with Crippen LogP contribution in [-0.2, 0) is 6.54 Å². The second kappa shape index (κ2) is 7.99. The molecule has 0 aliphatic heterocycles. The summed E-state index contributed by atoms with van der Waals surface area (Å²) in [5.41, 5.74) is 17.0. The molecule has 0 bridgehead atoms. The largest absolute Gasteiger partial charge is 0.390 e. The number of nitrogens with one attached hydrogen (secondary N) is 1. The van der Waals surface area contributed by atoms with Crippen LogP contribution < -0.4 is 16.9 Å². The molecule has 0 spiro atoms. The van der Waals surface area contributed by atoms with E-state index in [4.69, 9.17) is 23.7 Å². The summed E-state index contributed by atoms with van der Waals surface area (Å²) in [7, 11) is 0. The van der Waals surface area contributed by atoms with Gasteiger partial charge in [-0.1, -0.05) is 60.7 Å². The topological polar surface area (TPSA) is 84.4 Å². The number of hydrogen-bond acceptors (Lipinski definition) is 4. The molecule has 0 atom stereocenters. The average molecular weight is 383 g/mol. The normalized spacial score (nSPS) is 10.3. The molecule has 5 N–H and O–H groups in total. The highest BCUT2D eigenvalue weighted by Gasteiger charge is 2.18. The molecule has 26 heavy (non-hydrogen) atoms. The van der Waals surface area contributed by atoms with E-state index in [1.165, 1.54) is 16.3 Å². The number of rotatable bonds is 4. The minimum absolute atomic E-state index is 0.0827. The quantitative estimate of drug-likeness (QED) is 0.476. The summed E-state index contributed by atoms with van der Waals surface area (Å²) in [5.74, 6) is -0.343. The Kier molecular flexibility index (Phi) is 5.50. The van der Waals surface area contributed by atoms with Crippen molar-refractivity contribution in [2.24, 2.45) is 5.73 Å². The first kappa shape index (κ1) is 17.9. The third kappa shape index (κ3) is 4.19. The first-order valence-corrected chi connectivity index (χ1v) is 9.13. The number of nitrogen functional groups attached to an aromatic ring is 1. The predicted octanol–water partition coefficient (Wildman–Crippen LogP) is 3.39. The Bertz CT molecular complexity index is 910. The van der Waals surface area contributed by atoms with Crippen molar-refractivity contribution in [2.75, 3.05) is 5.73 Å². The Balaban J connectivity index is 1.78. The van der Waals surface area contributed by atoms with E-state index in [2.05, 4.69) is 5.43 Å². The summed E-state index contributed by atoms with van der Waals surface area (Å²) in [6.07, 6.45) is 0. The molecule has 1 aromatic heterocycles. The maximum absolute atomic E-state index is 12.7. The fourth-order valence-electron chi connectivity index (χ4n) is 2.45. The molecule has 0 saturated carbocycles. The van der Waals surface area contributed by atoms with E-state index in [0.29, 0.717) is 17.1 Å². The third-order valence-corrected chi connectivity index (χ3v) is 4.98. The highest BCUT2D eigenvalue weighted by molar-refractivity contribution is 7.80. The van der Waals surface area contributed by atoms with Gasteiger partial charge in [-0.3, -0.25) is 15.2 Å². The number of nitrogens with two attached hydrogens (primary N) is 2. The summed E-state index contributed by atoms with van der Waals surface area (Å²) in [5, 5.41) is 1.97. The van der Waals surface area contributed by atoms with Crippen LogP contribution in [0.3, 0.4) is 0 Å². The minimum atomic E-state index is -0.343. The van der Waals surface area contributed by atoms with Gasteiger partial charge in [0.25, 0.3) is 5.91 Å². The monoisotopic (exact) mass is 382 g/mol. The summed E-state index contributed by atoms with van der Waals surface area (Å²) in [6.45, 7) is 0.373. The number of hydrazine groups is 1. The number of benzene rings is 2. The van der Waals surface area contributed by atoms with Crippen LogP contribution in [0.4, 0.5) is 5.00 Å². The van der Waals surface area contributed by atoms with Crippen LogP contribution in [0.15, 0.2) is 66.7 Å². The molecular weight excluding hydrogens is 364 g/mol. The number of thiocarbonyl (C=S) groups is 1. The Hall–Kier alpha value is -2.90. The Morgan fingerprint density at radius 2 is 1.69 bits per heavy atom. The van der Waals surface area contributed by atoms with Gasteiger partial charge in [0, 0.05) is 4.88 Å². The number of anilines is 1. The number of nitrogens with zero attached hydrogens (tertiary/aromatic N) is 1. The van der Waals surface area contributed by atoms with Crippen molar-refractivity contribution < 1.29 is 4.79 Å². The lowest BCUT2D eigenvalue weighted by atomic mass is 10.1. The number of amides is 1. The van der Waals surface area contributed by atoms with Gasteiger partial charge in [-0.25, -0.2) is 0 Å². The van der Waals surface area contributed by atoms with Crippen molar-refractivity contribution in [1.29, 1.82) is 0 Å². The molecule has 0 saturated heterocycles. The van der Waals surface area contributed by atoms with Crippen molar-refractivity contribution in [2.45, 2.75) is 6.54 Å². The van der Waals surface area contributed by atoms with E-state index in [-0.39, 0.29) is 11.0 Å². The highest BCUT2D eigenvalue weighted by Crippen LogP contribution is 2.33. The van der Waals surface area contributed by atoms with Crippen LogP contribution in [0.25, 0.3) is 10.4 Å². The predicted molar refractivity (Wildman–Crippen MR) is 110 cm³/mol. The maximum Gasteiger partial charge on any atom is 0.272 e. The van der Waals surface area contributed by atoms with Crippen molar-refractivity contribution in [3.63, 3.8) is 0 Å². The first-order valence-electron chi connectivity index (χ1n) is 7.91. The van der Waals surface area contributed by atoms with Gasteiger partial charge in [-0.2, -0.15) is 0 Å². The number of hydrogen-bond donors (Lipinski definition) is 3. The van der Waals surface area contributed by atoms with Gasteiger partial charge < -0.3 is 11.5 Å². The summed E-state index contributed by atoms with van der Waals surface area (Å²) in [6, 6.07) is 21.2. The molecule has 1 heterocycles. The van der Waals surface area contributed by atoms with E-state index in [1.54, 1.807) is 6.07 Å². The third-order valence-electron chi connectivity index (χ3n) is 3.75. The molecule has 132 valence electrons. The Morgan fingerprint density at radius 1 is 1.08 bits per heavy atom. The number of carbonyl (C=O) groups excluding carboxylic acids is 1. The summed E-state index contributed by atoms with van der Waals surface area (Å²) < 4.78 is 0. The van der Waals surface area contributed by atoms with E-state index >= 15 is 0 Å². The molecule has 0 fully saturated rings. The van der Waals surface area contributed by atoms with Gasteiger partial charge in [0.2, 0.25) is 0 Å². The molecule has 0 radical (unpaired) electrons. The van der Waals surface area contributed by atoms with E-state index in [0.717, 1.165) is 16.0 Å². The first-order chi connectivity index (χ1) is 12.5. The lowest BCUT2D eigenvalue weighted by Crippen LogP contribution is -2.48. The van der Waals surface area contributed by atoms with Gasteiger partial charge in [0.05, 0.1) is 17.1 Å². The van der Waals surface area contributed by atoms with Crippen LogP contribution in [0, 0.1) is 0 Å². The summed E-state index contributed by atoms with van der Waals surface area (Å²) in [4.78, 5) is 13.6. The van der Waals surface area contributed by atoms with Gasteiger partial charge in [-0.15, -0.1) is 11.3 Å². The summed E-state index contributed by atoms with van der Waals surface area (Å²) >= 11 is 6.43. The lowest BCUT2D eigenvalue weighted by molar-refractivity contribution is 0.0867. The molecular formula is C19H18N4OS2. The number of carbonyl (C=O) groups is 1. The molecule has 7 heteroatoms. The van der Waals surface area contributed by atoms with Crippen molar-refractivity contribution in [3.05, 3.63) is 77.9 Å². The van der Waals surface area contributed by atoms with Crippen LogP contribution in [0.5, 0.6) is 0 Å². The highest BCUT2D eigenvalue weighted by atomic mass is 32.1. The fourth-order valence-corrected chi connectivity index (χ4v) is 3.49. The zero-order valence-electron chi connectivity index (χ0n) is 13.9. The van der Waals surface area contributed by atoms with Crippen LogP contribution in [0.1, 0.15) is 15.9 Å². The molecule has 0 aliphatic rings. The van der Waals surface area contributed by atoms with Crippen molar-refractivity contribution >= 4 is 39.6 Å². The Labute approximate surface area is 161 Å². The van der Waals surface area contributed by atoms with Gasteiger partial charge in [0.15, 0.2) is 5.11 Å². The van der Waals surface area contributed by atoms with E-state index in [1.807, 2.05) is 60.7 Å². The zero-order valence-corrected chi connectivity index (χ0v) is 15.5. The van der Waals surface area contributed by atoms with Gasteiger partial charge in [-0.05, 0) is 29.4 Å². The molecule has 3 rings (SSSR count). The SMILES string of the molecule is NC(=S)N(Cc1ccccc1)NC(=O)c1cc(-c2ccccc2)sc1N. The van der Waals surface area contributed by atoms with Gasteiger partial charge in [0.1, 0.15) is 0 Å². The molecule has 2 aromatic carbocycles. The van der Waals surface area contributed by atoms with E-state index in [9.17, 15) is 4.79 Å². The second-order valence-corrected chi connectivity index (χ2v) is 7.11. The molecule has 0 aliphatic carbocycles. The zero-order chi connectivity index (χ0) is 18.5. The molecule has 0 unspecified atom stereocenters. The lowest BCUT2D eigenvalue weighted by Gasteiger charge is -2.23. The average Bonchev–Trinajstić information content (AvgIpc) is 3.04. The molecule has 5 nitrogen and oxygen atoms in total.